The Morgan fingerprint density at radius 3 is 2.22 bits per heavy atom. The zero-order valence-electron chi connectivity index (χ0n) is 17.8. The molecule has 27 heavy (non-hydrogen) atoms. The molecule has 1 atom stereocenters. The normalized spacial score (nSPS) is 14.7. The van der Waals surface area contributed by atoms with E-state index in [0.29, 0.717) is 6.54 Å². The van der Waals surface area contributed by atoms with Crippen molar-refractivity contribution in [2.75, 3.05) is 6.54 Å². The van der Waals surface area contributed by atoms with Gasteiger partial charge in [0.15, 0.2) is 0 Å². The zero-order valence-corrected chi connectivity index (χ0v) is 17.8. The molecule has 1 amide bonds. The summed E-state index contributed by atoms with van der Waals surface area (Å²) in [5.74, 6) is -0.119. The molecular formula is C24H41NO2. The summed E-state index contributed by atoms with van der Waals surface area (Å²) in [6.45, 7) is 6.70. The molecule has 0 spiro atoms. The summed E-state index contributed by atoms with van der Waals surface area (Å²) in [5.41, 5.74) is -0.771. The third-order valence-corrected chi connectivity index (χ3v) is 4.41. The van der Waals surface area contributed by atoms with Gasteiger partial charge in [-0.3, -0.25) is 4.79 Å². The summed E-state index contributed by atoms with van der Waals surface area (Å²) in [7, 11) is 0. The van der Waals surface area contributed by atoms with E-state index in [2.05, 4.69) is 38.2 Å². The van der Waals surface area contributed by atoms with Crippen LogP contribution < -0.4 is 5.32 Å². The summed E-state index contributed by atoms with van der Waals surface area (Å²) in [4.78, 5) is 12.0. The highest BCUT2D eigenvalue weighted by molar-refractivity contribution is 5.87. The van der Waals surface area contributed by atoms with E-state index in [0.717, 1.165) is 51.4 Å². The molecule has 0 aromatic carbocycles. The van der Waals surface area contributed by atoms with Crippen molar-refractivity contribution >= 4 is 5.91 Å². The van der Waals surface area contributed by atoms with Gasteiger partial charge in [-0.05, 0) is 38.2 Å². The highest BCUT2D eigenvalue weighted by Gasteiger charge is 2.25. The van der Waals surface area contributed by atoms with Gasteiger partial charge in [0.25, 0.3) is 0 Å². The monoisotopic (exact) mass is 375 g/mol. The number of nitrogens with one attached hydrogen (secondary N) is 1. The summed E-state index contributed by atoms with van der Waals surface area (Å²) >= 11 is 0. The number of rotatable bonds is 16. The first kappa shape index (κ1) is 25.4. The van der Waals surface area contributed by atoms with Crippen molar-refractivity contribution in [3.05, 3.63) is 48.6 Å². The minimum absolute atomic E-state index is 0.119. The first-order valence-corrected chi connectivity index (χ1v) is 10.7. The maximum Gasteiger partial charge on any atom is 0.243 e. The van der Waals surface area contributed by atoms with Crippen LogP contribution in [0.1, 0.15) is 85.0 Å². The lowest BCUT2D eigenvalue weighted by molar-refractivity contribution is -0.118. The number of hydrogen-bond donors (Lipinski definition) is 2. The van der Waals surface area contributed by atoms with Gasteiger partial charge in [0.05, 0.1) is 5.60 Å². The summed E-state index contributed by atoms with van der Waals surface area (Å²) < 4.78 is 0. The largest absolute Gasteiger partial charge is 0.388 e. The van der Waals surface area contributed by atoms with Crippen molar-refractivity contribution in [3.8, 4) is 0 Å². The molecule has 0 aliphatic heterocycles. The molecule has 2 N–H and O–H groups in total. The maximum absolute atomic E-state index is 12.0. The molecule has 0 aromatic rings. The van der Waals surface area contributed by atoms with Crippen LogP contribution in [0.3, 0.4) is 0 Å². The SMILES string of the molecule is CCC=CC=CC=CCCC=CC(=O)NCC(O)(CCC)CCCCCC. The molecule has 154 valence electrons. The molecule has 0 saturated heterocycles. The van der Waals surface area contributed by atoms with Crippen LogP contribution in [0.15, 0.2) is 48.6 Å². The minimum Gasteiger partial charge on any atom is -0.388 e. The molecular weight excluding hydrogens is 334 g/mol. The van der Waals surface area contributed by atoms with Crippen molar-refractivity contribution in [3.63, 3.8) is 0 Å². The first-order valence-electron chi connectivity index (χ1n) is 10.7. The third kappa shape index (κ3) is 16.3. The molecule has 0 fully saturated rings. The fourth-order valence-electron chi connectivity index (χ4n) is 2.86. The molecule has 3 heteroatoms. The minimum atomic E-state index is -0.771. The van der Waals surface area contributed by atoms with Crippen LogP contribution in [0.2, 0.25) is 0 Å². The Balaban J connectivity index is 4.08. The average Bonchev–Trinajstić information content (AvgIpc) is 2.65. The van der Waals surface area contributed by atoms with Crippen molar-refractivity contribution in [2.24, 2.45) is 0 Å². The second-order valence-corrected chi connectivity index (χ2v) is 7.13. The Morgan fingerprint density at radius 2 is 1.56 bits per heavy atom. The fraction of sp³-hybridized carbons (Fsp3) is 0.625. The van der Waals surface area contributed by atoms with Crippen molar-refractivity contribution in [2.45, 2.75) is 90.6 Å². The van der Waals surface area contributed by atoms with Gasteiger partial charge in [-0.25, -0.2) is 0 Å². The molecule has 0 aliphatic rings. The lowest BCUT2D eigenvalue weighted by Gasteiger charge is -2.28. The van der Waals surface area contributed by atoms with E-state index in [1.54, 1.807) is 6.08 Å². The van der Waals surface area contributed by atoms with Crippen molar-refractivity contribution < 1.29 is 9.90 Å². The van der Waals surface area contributed by atoms with Crippen LogP contribution in [0.5, 0.6) is 0 Å². The van der Waals surface area contributed by atoms with Crippen LogP contribution >= 0.6 is 0 Å². The van der Waals surface area contributed by atoms with Gasteiger partial charge in [-0.1, -0.05) is 95.4 Å². The highest BCUT2D eigenvalue weighted by atomic mass is 16.3. The Morgan fingerprint density at radius 1 is 0.852 bits per heavy atom. The molecule has 0 saturated carbocycles. The van der Waals surface area contributed by atoms with E-state index in [-0.39, 0.29) is 5.91 Å². The van der Waals surface area contributed by atoms with E-state index in [9.17, 15) is 9.90 Å². The topological polar surface area (TPSA) is 49.3 Å². The molecule has 3 nitrogen and oxygen atoms in total. The molecule has 0 aromatic heterocycles. The van der Waals surface area contributed by atoms with Crippen LogP contribution in [0.4, 0.5) is 0 Å². The highest BCUT2D eigenvalue weighted by Crippen LogP contribution is 2.20. The van der Waals surface area contributed by atoms with Gasteiger partial charge in [0, 0.05) is 6.54 Å². The molecule has 1 unspecified atom stereocenters. The number of allylic oxidation sites excluding steroid dienone is 7. The van der Waals surface area contributed by atoms with E-state index in [1.807, 2.05) is 30.4 Å². The average molecular weight is 376 g/mol. The summed E-state index contributed by atoms with van der Waals surface area (Å²) in [6, 6.07) is 0. The third-order valence-electron chi connectivity index (χ3n) is 4.41. The second-order valence-electron chi connectivity index (χ2n) is 7.13. The second kappa shape index (κ2) is 17.8. The smallest absolute Gasteiger partial charge is 0.243 e. The van der Waals surface area contributed by atoms with Gasteiger partial charge >= 0.3 is 0 Å². The van der Waals surface area contributed by atoms with Crippen molar-refractivity contribution in [1.82, 2.24) is 5.32 Å². The fourth-order valence-corrected chi connectivity index (χ4v) is 2.86. The number of unbranched alkanes of at least 4 members (excludes halogenated alkanes) is 4. The van der Waals surface area contributed by atoms with Gasteiger partial charge in [-0.2, -0.15) is 0 Å². The first-order chi connectivity index (χ1) is 13.1. The van der Waals surface area contributed by atoms with Crippen LogP contribution in [0, 0.1) is 0 Å². The summed E-state index contributed by atoms with van der Waals surface area (Å²) in [6.07, 6.45) is 25.5. The standard InChI is InChI=1S/C24H41NO2/c1-4-7-9-11-12-13-14-15-16-17-19-23(26)25-22-24(27,20-6-3)21-18-10-8-5-2/h7,9,11-14,17,19,27H,4-6,8,10,15-16,18,20-22H2,1-3H3,(H,25,26). The van der Waals surface area contributed by atoms with Gasteiger partial charge < -0.3 is 10.4 Å². The molecule has 0 heterocycles. The Bertz CT molecular complexity index is 477. The maximum atomic E-state index is 12.0. The zero-order chi connectivity index (χ0) is 20.2. The van der Waals surface area contributed by atoms with E-state index < -0.39 is 5.60 Å². The number of carbonyl (C=O) groups excluding carboxylic acids is 1. The predicted octanol–water partition coefficient (Wildman–Crippen LogP) is 6.02. The molecule has 0 aliphatic carbocycles. The lowest BCUT2D eigenvalue weighted by Crippen LogP contribution is -2.42. The van der Waals surface area contributed by atoms with Gasteiger partial charge in [0.2, 0.25) is 5.91 Å². The van der Waals surface area contributed by atoms with E-state index in [4.69, 9.17) is 0 Å². The molecule has 0 bridgehead atoms. The van der Waals surface area contributed by atoms with Gasteiger partial charge in [-0.15, -0.1) is 0 Å². The lowest BCUT2D eigenvalue weighted by atomic mass is 9.91. The molecule has 0 rings (SSSR count). The van der Waals surface area contributed by atoms with Gasteiger partial charge in [0.1, 0.15) is 0 Å². The molecule has 0 radical (unpaired) electrons. The summed E-state index contributed by atoms with van der Waals surface area (Å²) in [5, 5.41) is 13.6. The van der Waals surface area contributed by atoms with Crippen LogP contribution in [0.25, 0.3) is 0 Å². The number of amides is 1. The quantitative estimate of drug-likeness (QED) is 0.197. The number of hydrogen-bond acceptors (Lipinski definition) is 2. The Labute approximate surface area is 167 Å². The van der Waals surface area contributed by atoms with Crippen LogP contribution in [-0.2, 0) is 4.79 Å². The van der Waals surface area contributed by atoms with Crippen LogP contribution in [-0.4, -0.2) is 23.2 Å². The van der Waals surface area contributed by atoms with E-state index >= 15 is 0 Å². The number of carbonyl (C=O) groups is 1. The van der Waals surface area contributed by atoms with Crippen molar-refractivity contribution in [1.29, 1.82) is 0 Å². The number of aliphatic hydroxyl groups is 1. The predicted molar refractivity (Wildman–Crippen MR) is 118 cm³/mol. The Hall–Kier alpha value is -1.61. The van der Waals surface area contributed by atoms with E-state index in [1.165, 1.54) is 12.8 Å². The Kier molecular flexibility index (Phi) is 16.7.